The monoisotopic (exact) mass is 583 g/mol. The number of rotatable bonds is 5. The number of carbonyl (C=O) groups excluding carboxylic acids is 2. The molecule has 2 unspecified atom stereocenters. The molecule has 7 rings (SSSR count). The number of aromatic nitrogens is 5. The summed E-state index contributed by atoms with van der Waals surface area (Å²) in [7, 11) is 1.41. The number of nitrogens with one attached hydrogen (secondary N) is 2. The van der Waals surface area contributed by atoms with E-state index in [2.05, 4.69) is 20.5 Å². The van der Waals surface area contributed by atoms with Crippen LogP contribution in [-0.4, -0.2) is 87.3 Å². The molecule has 2 atom stereocenters. The molecule has 13 heteroatoms. The Hall–Kier alpha value is -4.78. The van der Waals surface area contributed by atoms with Crippen LogP contribution in [0.3, 0.4) is 0 Å². The van der Waals surface area contributed by atoms with Crippen molar-refractivity contribution in [1.29, 1.82) is 0 Å². The molecule has 3 aliphatic rings. The maximum atomic E-state index is 12.5. The minimum atomic E-state index is -0.344. The lowest BCUT2D eigenvalue weighted by molar-refractivity contribution is 0.0904. The Labute approximate surface area is 248 Å². The van der Waals surface area contributed by atoms with Crippen molar-refractivity contribution < 1.29 is 19.1 Å². The number of pyridine rings is 1. The average Bonchev–Trinajstić information content (AvgIpc) is 3.58. The third kappa shape index (κ3) is 5.31. The molecule has 43 heavy (non-hydrogen) atoms. The largest absolute Gasteiger partial charge is 0.453 e. The number of ether oxygens (including phenoxy) is 2. The summed E-state index contributed by atoms with van der Waals surface area (Å²) in [5, 5.41) is 11.4. The van der Waals surface area contributed by atoms with Gasteiger partial charge in [0.1, 0.15) is 5.82 Å². The number of hydrogen-bond donors (Lipinski definition) is 2. The van der Waals surface area contributed by atoms with Crippen LogP contribution in [0.15, 0.2) is 55.0 Å². The zero-order valence-corrected chi connectivity index (χ0v) is 23.8. The van der Waals surface area contributed by atoms with Gasteiger partial charge in [0.15, 0.2) is 11.5 Å². The lowest BCUT2D eigenvalue weighted by Gasteiger charge is -2.36. The zero-order chi connectivity index (χ0) is 29.3. The first-order chi connectivity index (χ1) is 21.1. The third-order valence-electron chi connectivity index (χ3n) is 8.50. The molecule has 3 aliphatic heterocycles. The molecule has 6 heterocycles. The van der Waals surface area contributed by atoms with Gasteiger partial charge < -0.3 is 29.9 Å². The van der Waals surface area contributed by atoms with E-state index in [1.165, 1.54) is 7.11 Å². The van der Waals surface area contributed by atoms with Crippen LogP contribution in [0, 0.1) is 0 Å². The SMILES string of the molecule is COC(=O)N1CCC(n2ncc3c(N4C5CCC4COC5)nc(-c4ccc(NC(=O)Nc5ccncc5)cc4)nc32)CC1. The van der Waals surface area contributed by atoms with Crippen LogP contribution in [0.1, 0.15) is 31.7 Å². The van der Waals surface area contributed by atoms with Gasteiger partial charge in [0.25, 0.3) is 0 Å². The van der Waals surface area contributed by atoms with Crippen molar-refractivity contribution >= 4 is 40.4 Å². The van der Waals surface area contributed by atoms with E-state index in [1.807, 2.05) is 35.1 Å². The maximum Gasteiger partial charge on any atom is 0.409 e. The van der Waals surface area contributed by atoms with E-state index < -0.39 is 0 Å². The van der Waals surface area contributed by atoms with Gasteiger partial charge in [-0.2, -0.15) is 5.10 Å². The Morgan fingerprint density at radius 3 is 2.23 bits per heavy atom. The standard InChI is InChI=1S/C30H33N9O4/c1-42-30(41)37-14-10-22(11-15-37)39-28-25(16-32-39)27(38-23-6-7-24(38)18-43-17-23)35-26(36-28)19-2-4-20(5-3-19)33-29(40)34-21-8-12-31-13-9-21/h2-5,8-9,12-13,16,22-24H,6-7,10-11,14-15,17-18H2,1H3,(H2,31,33,34,40). The summed E-state index contributed by atoms with van der Waals surface area (Å²) in [5.74, 6) is 1.47. The van der Waals surface area contributed by atoms with Crippen LogP contribution < -0.4 is 15.5 Å². The number of amides is 3. The second kappa shape index (κ2) is 11.5. The van der Waals surface area contributed by atoms with E-state index in [0.717, 1.165) is 48.1 Å². The molecule has 3 amide bonds. The van der Waals surface area contributed by atoms with Crippen LogP contribution in [0.4, 0.5) is 26.8 Å². The van der Waals surface area contributed by atoms with E-state index in [-0.39, 0.29) is 30.2 Å². The molecule has 3 saturated heterocycles. The smallest absolute Gasteiger partial charge is 0.409 e. The number of morpholine rings is 1. The van der Waals surface area contributed by atoms with Gasteiger partial charge in [-0.3, -0.25) is 4.98 Å². The molecular formula is C30H33N9O4. The highest BCUT2D eigenvalue weighted by atomic mass is 16.5. The Bertz CT molecular complexity index is 1600. The lowest BCUT2D eigenvalue weighted by atomic mass is 10.1. The second-order valence-corrected chi connectivity index (χ2v) is 11.1. The normalized spacial score (nSPS) is 20.3. The van der Waals surface area contributed by atoms with Crippen molar-refractivity contribution in [1.82, 2.24) is 29.6 Å². The summed E-state index contributed by atoms with van der Waals surface area (Å²) in [5.41, 5.74) is 2.91. The summed E-state index contributed by atoms with van der Waals surface area (Å²) >= 11 is 0. The lowest BCUT2D eigenvalue weighted by Crippen LogP contribution is -2.46. The summed E-state index contributed by atoms with van der Waals surface area (Å²) in [6.45, 7) is 2.55. The van der Waals surface area contributed by atoms with Crippen LogP contribution in [0.25, 0.3) is 22.4 Å². The molecule has 4 aromatic rings. The first-order valence-corrected chi connectivity index (χ1v) is 14.6. The second-order valence-electron chi connectivity index (χ2n) is 11.1. The summed E-state index contributed by atoms with van der Waals surface area (Å²) in [6.07, 6.45) is 8.46. The van der Waals surface area contributed by atoms with Gasteiger partial charge in [-0.25, -0.2) is 24.2 Å². The van der Waals surface area contributed by atoms with Gasteiger partial charge in [-0.1, -0.05) is 0 Å². The van der Waals surface area contributed by atoms with Gasteiger partial charge >= 0.3 is 12.1 Å². The number of hydrogen-bond acceptors (Lipinski definition) is 9. The minimum absolute atomic E-state index is 0.0981. The minimum Gasteiger partial charge on any atom is -0.453 e. The Kier molecular flexibility index (Phi) is 7.23. The number of nitrogens with zero attached hydrogens (tertiary/aromatic N) is 7. The van der Waals surface area contributed by atoms with Crippen LogP contribution in [-0.2, 0) is 9.47 Å². The van der Waals surface area contributed by atoms with Crippen molar-refractivity contribution in [3.05, 3.63) is 55.0 Å². The fourth-order valence-corrected chi connectivity index (χ4v) is 6.33. The number of fused-ring (bicyclic) bond motifs is 3. The number of carbonyl (C=O) groups is 2. The molecule has 13 nitrogen and oxygen atoms in total. The Morgan fingerprint density at radius 2 is 1.56 bits per heavy atom. The fourth-order valence-electron chi connectivity index (χ4n) is 6.33. The van der Waals surface area contributed by atoms with Gasteiger partial charge in [0.2, 0.25) is 0 Å². The molecule has 2 bridgehead atoms. The van der Waals surface area contributed by atoms with Crippen LogP contribution in [0.5, 0.6) is 0 Å². The maximum absolute atomic E-state index is 12.5. The topological polar surface area (TPSA) is 140 Å². The van der Waals surface area contributed by atoms with Gasteiger partial charge in [-0.15, -0.1) is 0 Å². The molecule has 0 radical (unpaired) electrons. The van der Waals surface area contributed by atoms with Crippen molar-refractivity contribution in [3.8, 4) is 11.4 Å². The highest BCUT2D eigenvalue weighted by Gasteiger charge is 2.40. The molecule has 1 aromatic carbocycles. The number of urea groups is 1. The predicted octanol–water partition coefficient (Wildman–Crippen LogP) is 4.30. The van der Waals surface area contributed by atoms with Crippen molar-refractivity contribution in [2.45, 2.75) is 43.8 Å². The zero-order valence-electron chi connectivity index (χ0n) is 23.8. The Balaban J connectivity index is 1.19. The van der Waals surface area contributed by atoms with E-state index in [9.17, 15) is 9.59 Å². The van der Waals surface area contributed by atoms with E-state index >= 15 is 0 Å². The van der Waals surface area contributed by atoms with E-state index in [0.29, 0.717) is 43.5 Å². The van der Waals surface area contributed by atoms with E-state index in [1.54, 1.807) is 29.4 Å². The van der Waals surface area contributed by atoms with E-state index in [4.69, 9.17) is 24.5 Å². The fraction of sp³-hybridized carbons (Fsp3) is 0.400. The summed E-state index contributed by atoms with van der Waals surface area (Å²) in [6, 6.07) is 11.2. The third-order valence-corrected chi connectivity index (χ3v) is 8.50. The molecule has 3 fully saturated rings. The van der Waals surface area contributed by atoms with Crippen molar-refractivity contribution in [2.75, 3.05) is 48.9 Å². The highest BCUT2D eigenvalue weighted by Crippen LogP contribution is 2.38. The first-order valence-electron chi connectivity index (χ1n) is 14.6. The molecule has 2 N–H and O–H groups in total. The molecule has 3 aromatic heterocycles. The van der Waals surface area contributed by atoms with Crippen LogP contribution in [0.2, 0.25) is 0 Å². The van der Waals surface area contributed by atoms with Gasteiger partial charge in [0.05, 0.1) is 50.0 Å². The number of piperidine rings is 1. The van der Waals surface area contributed by atoms with Crippen molar-refractivity contribution in [2.24, 2.45) is 0 Å². The predicted molar refractivity (Wildman–Crippen MR) is 160 cm³/mol. The number of likely N-dealkylation sites (tertiary alicyclic amines) is 1. The van der Waals surface area contributed by atoms with Gasteiger partial charge in [0, 0.05) is 42.4 Å². The molecular weight excluding hydrogens is 550 g/mol. The highest BCUT2D eigenvalue weighted by molar-refractivity contribution is 5.99. The van der Waals surface area contributed by atoms with Crippen LogP contribution >= 0.6 is 0 Å². The quantitative estimate of drug-likeness (QED) is 0.352. The van der Waals surface area contributed by atoms with Crippen molar-refractivity contribution in [3.63, 3.8) is 0 Å². The number of methoxy groups -OCH3 is 1. The molecule has 222 valence electrons. The Morgan fingerprint density at radius 1 is 0.884 bits per heavy atom. The summed E-state index contributed by atoms with van der Waals surface area (Å²) < 4.78 is 12.8. The first kappa shape index (κ1) is 27.1. The number of benzene rings is 1. The molecule has 0 aliphatic carbocycles. The summed E-state index contributed by atoms with van der Waals surface area (Å²) in [4.78, 5) is 42.8. The molecule has 0 saturated carbocycles. The average molecular weight is 584 g/mol. The van der Waals surface area contributed by atoms with Gasteiger partial charge in [-0.05, 0) is 62.1 Å². The number of anilines is 3. The molecule has 0 spiro atoms.